The summed E-state index contributed by atoms with van der Waals surface area (Å²) in [5.41, 5.74) is 2.66. The average molecular weight is 421 g/mol. The molecule has 31 heavy (non-hydrogen) atoms. The van der Waals surface area contributed by atoms with E-state index in [1.807, 2.05) is 36.4 Å². The average Bonchev–Trinajstić information content (AvgIpc) is 3.24. The van der Waals surface area contributed by atoms with Crippen molar-refractivity contribution < 1.29 is 23.8 Å². The van der Waals surface area contributed by atoms with Crippen LogP contribution in [0.3, 0.4) is 0 Å². The van der Waals surface area contributed by atoms with Crippen LogP contribution in [0.15, 0.2) is 57.7 Å². The van der Waals surface area contributed by atoms with Crippen molar-refractivity contribution in [3.8, 4) is 5.75 Å². The first-order chi connectivity index (χ1) is 14.9. The van der Waals surface area contributed by atoms with Crippen LogP contribution in [0.25, 0.3) is 11.0 Å². The van der Waals surface area contributed by atoms with Gasteiger partial charge in [-0.05, 0) is 49.4 Å². The van der Waals surface area contributed by atoms with E-state index in [1.54, 1.807) is 19.1 Å². The van der Waals surface area contributed by atoms with Crippen molar-refractivity contribution in [3.63, 3.8) is 0 Å². The summed E-state index contributed by atoms with van der Waals surface area (Å²) in [6.07, 6.45) is 1.74. The molecule has 0 bridgehead atoms. The molecule has 2 aromatic carbocycles. The molecule has 0 unspecified atom stereocenters. The lowest BCUT2D eigenvalue weighted by molar-refractivity contribution is -0.142. The minimum absolute atomic E-state index is 0.168. The van der Waals surface area contributed by atoms with Gasteiger partial charge in [0.2, 0.25) is 0 Å². The van der Waals surface area contributed by atoms with E-state index in [0.717, 1.165) is 41.3 Å². The highest BCUT2D eigenvalue weighted by Crippen LogP contribution is 2.29. The van der Waals surface area contributed by atoms with E-state index in [9.17, 15) is 19.5 Å². The Labute approximate surface area is 178 Å². The Kier molecular flexibility index (Phi) is 5.75. The van der Waals surface area contributed by atoms with Crippen LogP contribution in [0, 0.1) is 0 Å². The van der Waals surface area contributed by atoms with Crippen LogP contribution in [0.4, 0.5) is 0 Å². The number of hydrogen-bond donors (Lipinski definition) is 2. The number of rotatable bonds is 7. The van der Waals surface area contributed by atoms with Crippen molar-refractivity contribution in [2.24, 2.45) is 0 Å². The summed E-state index contributed by atoms with van der Waals surface area (Å²) in [5, 5.41) is 12.9. The summed E-state index contributed by atoms with van der Waals surface area (Å²) in [6, 6.07) is 13.2. The smallest absolute Gasteiger partial charge is 0.339 e. The molecule has 0 saturated heterocycles. The number of hydrogen-bond acceptors (Lipinski definition) is 5. The van der Waals surface area contributed by atoms with Crippen LogP contribution in [-0.2, 0) is 28.9 Å². The fraction of sp³-hybridized carbons (Fsp3) is 0.292. The van der Waals surface area contributed by atoms with Gasteiger partial charge in [-0.25, -0.2) is 9.59 Å². The molecule has 2 N–H and O–H groups in total. The molecule has 2 atom stereocenters. The van der Waals surface area contributed by atoms with Crippen molar-refractivity contribution in [3.05, 3.63) is 75.6 Å². The van der Waals surface area contributed by atoms with E-state index in [0.29, 0.717) is 11.3 Å². The lowest BCUT2D eigenvalue weighted by Gasteiger charge is -2.19. The van der Waals surface area contributed by atoms with E-state index in [1.165, 1.54) is 0 Å². The molecule has 160 valence electrons. The van der Waals surface area contributed by atoms with E-state index < -0.39 is 24.0 Å². The molecule has 0 radical (unpaired) electrons. The van der Waals surface area contributed by atoms with Gasteiger partial charge in [0.15, 0.2) is 6.10 Å². The quantitative estimate of drug-likeness (QED) is 0.569. The Bertz CT molecular complexity index is 1180. The van der Waals surface area contributed by atoms with Crippen LogP contribution >= 0.6 is 0 Å². The molecular formula is C24H23NO6. The number of carboxylic acids is 1. The first kappa shape index (κ1) is 20.7. The van der Waals surface area contributed by atoms with Gasteiger partial charge in [-0.1, -0.05) is 30.3 Å². The Morgan fingerprint density at radius 1 is 1.13 bits per heavy atom. The third kappa shape index (κ3) is 4.45. The molecule has 0 spiro atoms. The Hall–Kier alpha value is -3.61. The molecule has 1 aliphatic carbocycles. The fourth-order valence-electron chi connectivity index (χ4n) is 3.93. The van der Waals surface area contributed by atoms with Crippen molar-refractivity contribution in [1.82, 2.24) is 5.32 Å². The number of nitrogens with one attached hydrogen (secondary N) is 1. The Balaban J connectivity index is 1.46. The molecule has 1 aromatic heterocycles. The molecule has 1 aliphatic rings. The molecule has 0 fully saturated rings. The van der Waals surface area contributed by atoms with Crippen LogP contribution in [0.2, 0.25) is 0 Å². The molecule has 1 amide bonds. The van der Waals surface area contributed by atoms with Gasteiger partial charge in [-0.2, -0.15) is 0 Å². The lowest BCUT2D eigenvalue weighted by Crippen LogP contribution is -2.47. The maximum absolute atomic E-state index is 12.6. The minimum atomic E-state index is -1.12. The molecule has 3 aromatic rings. The predicted molar refractivity (Wildman–Crippen MR) is 114 cm³/mol. The number of aliphatic carboxylic acids is 1. The zero-order valence-electron chi connectivity index (χ0n) is 17.1. The number of carboxylic acid groups (broad SMARTS) is 1. The maximum Gasteiger partial charge on any atom is 0.339 e. The van der Waals surface area contributed by atoms with Gasteiger partial charge in [-0.15, -0.1) is 0 Å². The first-order valence-corrected chi connectivity index (χ1v) is 10.2. The largest absolute Gasteiger partial charge is 0.481 e. The van der Waals surface area contributed by atoms with Gasteiger partial charge in [0.25, 0.3) is 5.91 Å². The maximum atomic E-state index is 12.6. The summed E-state index contributed by atoms with van der Waals surface area (Å²) >= 11 is 0. The number of amides is 1. The number of carbonyl (C=O) groups is 2. The topological polar surface area (TPSA) is 106 Å². The fourth-order valence-corrected chi connectivity index (χ4v) is 3.93. The monoisotopic (exact) mass is 421 g/mol. The van der Waals surface area contributed by atoms with Crippen LogP contribution in [0.5, 0.6) is 5.75 Å². The highest BCUT2D eigenvalue weighted by molar-refractivity contribution is 5.87. The normalized spacial score (nSPS) is 14.6. The standard InChI is InChI=1S/C24H23NO6/c1-14(22(26)25-20(23(27)28)12-15-6-3-2-4-7-15)30-16-10-11-18-17-8-5-9-19(17)24(29)31-21(18)13-16/h2-4,6-7,10-11,13-14,20H,5,8-9,12H2,1H3,(H,25,26)(H,27,28)/t14-,20+/m1/s1. The summed E-state index contributed by atoms with van der Waals surface area (Å²) in [6.45, 7) is 1.54. The third-order valence-electron chi connectivity index (χ3n) is 5.52. The van der Waals surface area contributed by atoms with Gasteiger partial charge in [0, 0.05) is 23.4 Å². The summed E-state index contributed by atoms with van der Waals surface area (Å²) < 4.78 is 11.1. The van der Waals surface area contributed by atoms with Crippen molar-refractivity contribution in [2.75, 3.05) is 0 Å². The van der Waals surface area contributed by atoms with E-state index in [4.69, 9.17) is 9.15 Å². The second kappa shape index (κ2) is 8.63. The summed E-state index contributed by atoms with van der Waals surface area (Å²) in [4.78, 5) is 36.3. The highest BCUT2D eigenvalue weighted by atomic mass is 16.5. The highest BCUT2D eigenvalue weighted by Gasteiger charge is 2.25. The first-order valence-electron chi connectivity index (χ1n) is 10.2. The van der Waals surface area contributed by atoms with Crippen molar-refractivity contribution in [2.45, 2.75) is 44.8 Å². The van der Waals surface area contributed by atoms with Gasteiger partial charge < -0.3 is 19.6 Å². The van der Waals surface area contributed by atoms with Gasteiger partial charge in [0.1, 0.15) is 17.4 Å². The van der Waals surface area contributed by atoms with E-state index >= 15 is 0 Å². The van der Waals surface area contributed by atoms with Gasteiger partial charge >= 0.3 is 11.6 Å². The minimum Gasteiger partial charge on any atom is -0.481 e. The Morgan fingerprint density at radius 2 is 1.87 bits per heavy atom. The van der Waals surface area contributed by atoms with Gasteiger partial charge in [0.05, 0.1) is 0 Å². The van der Waals surface area contributed by atoms with Crippen molar-refractivity contribution >= 4 is 22.8 Å². The number of fused-ring (bicyclic) bond motifs is 3. The number of benzene rings is 2. The number of ether oxygens (including phenoxy) is 1. The molecule has 7 nitrogen and oxygen atoms in total. The molecule has 4 rings (SSSR count). The Morgan fingerprint density at radius 3 is 2.61 bits per heavy atom. The third-order valence-corrected chi connectivity index (χ3v) is 5.52. The molecule has 0 aliphatic heterocycles. The molecular weight excluding hydrogens is 398 g/mol. The SMILES string of the molecule is C[C@@H](Oc1ccc2c3c(c(=O)oc2c1)CCC3)C(=O)N[C@@H](Cc1ccccc1)C(=O)O. The number of carbonyl (C=O) groups excluding carboxylic acids is 1. The van der Waals surface area contributed by atoms with Crippen LogP contribution in [-0.4, -0.2) is 29.1 Å². The molecule has 7 heteroatoms. The number of aryl methyl sites for hydroxylation is 1. The van der Waals surface area contributed by atoms with E-state index in [2.05, 4.69) is 5.32 Å². The van der Waals surface area contributed by atoms with Gasteiger partial charge in [-0.3, -0.25) is 4.79 Å². The zero-order valence-corrected chi connectivity index (χ0v) is 17.1. The summed E-state index contributed by atoms with van der Waals surface area (Å²) in [5.74, 6) is -1.30. The van der Waals surface area contributed by atoms with Crippen molar-refractivity contribution in [1.29, 1.82) is 0 Å². The second-order valence-electron chi connectivity index (χ2n) is 7.71. The second-order valence-corrected chi connectivity index (χ2v) is 7.71. The van der Waals surface area contributed by atoms with Crippen LogP contribution in [0.1, 0.15) is 30.0 Å². The zero-order chi connectivity index (χ0) is 22.0. The van der Waals surface area contributed by atoms with E-state index in [-0.39, 0.29) is 12.0 Å². The lowest BCUT2D eigenvalue weighted by atomic mass is 10.1. The molecule has 1 heterocycles. The molecule has 0 saturated carbocycles. The summed E-state index contributed by atoms with van der Waals surface area (Å²) in [7, 11) is 0. The predicted octanol–water partition coefficient (Wildman–Crippen LogP) is 2.86. The van der Waals surface area contributed by atoms with Crippen LogP contribution < -0.4 is 15.7 Å².